The fourth-order valence-corrected chi connectivity index (χ4v) is 8.68. The van der Waals surface area contributed by atoms with Crippen molar-refractivity contribution in [3.63, 3.8) is 0 Å². The third kappa shape index (κ3) is 51.1. The quantitative estimate of drug-likeness (QED) is 0.0262. The summed E-state index contributed by atoms with van der Waals surface area (Å²) in [6.45, 7) is 6.68. The lowest BCUT2D eigenvalue weighted by Crippen LogP contribution is -2.30. The Hall–Kier alpha value is -1.85. The number of unbranched alkanes of at least 4 members (excludes halogenated alkanes) is 40. The van der Waals surface area contributed by atoms with Crippen LogP contribution >= 0.6 is 0 Å². The van der Waals surface area contributed by atoms with Crippen LogP contribution in [0.3, 0.4) is 0 Å². The molecule has 0 aliphatic rings. The molecular formula is C58H110O6. The van der Waals surface area contributed by atoms with E-state index in [1.807, 2.05) is 0 Å². The first-order chi connectivity index (χ1) is 31.5. The summed E-state index contributed by atoms with van der Waals surface area (Å²) >= 11 is 0. The molecule has 0 aliphatic carbocycles. The maximum Gasteiger partial charge on any atom is 0.306 e. The average molecular weight is 904 g/mol. The third-order valence-electron chi connectivity index (χ3n) is 13.0. The molecule has 64 heavy (non-hydrogen) atoms. The van der Waals surface area contributed by atoms with Gasteiger partial charge in [-0.15, -0.1) is 0 Å². The minimum Gasteiger partial charge on any atom is -0.462 e. The Morgan fingerprint density at radius 3 is 0.781 bits per heavy atom. The maximum atomic E-state index is 12.8. The van der Waals surface area contributed by atoms with Crippen molar-refractivity contribution in [1.29, 1.82) is 0 Å². The molecule has 0 heterocycles. The highest BCUT2D eigenvalue weighted by atomic mass is 16.6. The van der Waals surface area contributed by atoms with Gasteiger partial charge in [0.15, 0.2) is 6.10 Å². The fourth-order valence-electron chi connectivity index (χ4n) is 8.68. The van der Waals surface area contributed by atoms with Gasteiger partial charge in [0.1, 0.15) is 13.2 Å². The zero-order valence-corrected chi connectivity index (χ0v) is 43.3. The number of carbonyl (C=O) groups excluding carboxylic acids is 3. The largest absolute Gasteiger partial charge is 0.462 e. The lowest BCUT2D eigenvalue weighted by atomic mass is 10.0. The second-order valence-corrected chi connectivity index (χ2v) is 19.6. The van der Waals surface area contributed by atoms with E-state index in [-0.39, 0.29) is 31.1 Å². The molecule has 0 saturated carbocycles. The number of rotatable bonds is 53. The van der Waals surface area contributed by atoms with E-state index < -0.39 is 6.10 Å². The van der Waals surface area contributed by atoms with E-state index >= 15 is 0 Å². The third-order valence-corrected chi connectivity index (χ3v) is 13.0. The topological polar surface area (TPSA) is 78.9 Å². The van der Waals surface area contributed by atoms with Crippen molar-refractivity contribution in [2.45, 2.75) is 329 Å². The van der Waals surface area contributed by atoms with Crippen molar-refractivity contribution in [3.05, 3.63) is 12.2 Å². The van der Waals surface area contributed by atoms with Crippen LogP contribution in [0.4, 0.5) is 0 Å². The molecule has 0 aromatic heterocycles. The van der Waals surface area contributed by atoms with Crippen LogP contribution < -0.4 is 0 Å². The van der Waals surface area contributed by atoms with Crippen LogP contribution in [-0.2, 0) is 28.6 Å². The van der Waals surface area contributed by atoms with Crippen LogP contribution in [-0.4, -0.2) is 37.2 Å². The van der Waals surface area contributed by atoms with E-state index in [2.05, 4.69) is 32.9 Å². The van der Waals surface area contributed by atoms with Gasteiger partial charge >= 0.3 is 17.9 Å². The first-order valence-electron chi connectivity index (χ1n) is 28.7. The maximum absolute atomic E-state index is 12.8. The molecule has 0 radical (unpaired) electrons. The number of hydrogen-bond acceptors (Lipinski definition) is 6. The van der Waals surface area contributed by atoms with Gasteiger partial charge in [-0.2, -0.15) is 0 Å². The van der Waals surface area contributed by atoms with Gasteiger partial charge in [-0.05, 0) is 44.9 Å². The molecule has 0 N–H and O–H groups in total. The molecule has 0 fully saturated rings. The molecule has 0 unspecified atom stereocenters. The van der Waals surface area contributed by atoms with Crippen LogP contribution in [0.1, 0.15) is 323 Å². The molecule has 6 heteroatoms. The Morgan fingerprint density at radius 1 is 0.297 bits per heavy atom. The van der Waals surface area contributed by atoms with Gasteiger partial charge in [-0.3, -0.25) is 14.4 Å². The summed E-state index contributed by atoms with van der Waals surface area (Å²) in [6.07, 6.45) is 60.5. The Balaban J connectivity index is 4.29. The molecule has 378 valence electrons. The van der Waals surface area contributed by atoms with Crippen molar-refractivity contribution in [3.8, 4) is 0 Å². The highest BCUT2D eigenvalue weighted by Crippen LogP contribution is 2.17. The molecule has 0 aromatic rings. The van der Waals surface area contributed by atoms with Crippen molar-refractivity contribution >= 4 is 17.9 Å². The van der Waals surface area contributed by atoms with Crippen molar-refractivity contribution in [1.82, 2.24) is 0 Å². The van der Waals surface area contributed by atoms with E-state index in [1.165, 1.54) is 225 Å². The predicted molar refractivity (Wildman–Crippen MR) is 275 cm³/mol. The molecule has 0 saturated heterocycles. The molecule has 1 atom stereocenters. The lowest BCUT2D eigenvalue weighted by molar-refractivity contribution is -0.167. The van der Waals surface area contributed by atoms with Crippen LogP contribution in [0.2, 0.25) is 0 Å². The highest BCUT2D eigenvalue weighted by Gasteiger charge is 2.19. The first-order valence-corrected chi connectivity index (χ1v) is 28.7. The summed E-state index contributed by atoms with van der Waals surface area (Å²) in [4.78, 5) is 38.1. The van der Waals surface area contributed by atoms with Crippen LogP contribution in [0, 0.1) is 0 Å². The monoisotopic (exact) mass is 903 g/mol. The van der Waals surface area contributed by atoms with E-state index in [9.17, 15) is 14.4 Å². The van der Waals surface area contributed by atoms with Crippen LogP contribution in [0.5, 0.6) is 0 Å². The van der Waals surface area contributed by atoms with Gasteiger partial charge < -0.3 is 14.2 Å². The van der Waals surface area contributed by atoms with Crippen molar-refractivity contribution in [2.24, 2.45) is 0 Å². The lowest BCUT2D eigenvalue weighted by Gasteiger charge is -2.18. The van der Waals surface area contributed by atoms with Gasteiger partial charge in [0, 0.05) is 19.3 Å². The zero-order chi connectivity index (χ0) is 46.5. The Labute approximate surface area is 399 Å². The van der Waals surface area contributed by atoms with E-state index in [0.717, 1.165) is 57.8 Å². The minimum absolute atomic E-state index is 0.0648. The van der Waals surface area contributed by atoms with Gasteiger partial charge in [-0.25, -0.2) is 0 Å². The summed E-state index contributed by atoms with van der Waals surface area (Å²) in [7, 11) is 0. The fraction of sp³-hybridized carbons (Fsp3) is 0.914. The summed E-state index contributed by atoms with van der Waals surface area (Å²) in [5, 5.41) is 0. The Kier molecular flexibility index (Phi) is 52.2. The smallest absolute Gasteiger partial charge is 0.306 e. The highest BCUT2D eigenvalue weighted by molar-refractivity contribution is 5.71. The summed E-state index contributed by atoms with van der Waals surface area (Å²) < 4.78 is 16.9. The van der Waals surface area contributed by atoms with E-state index in [0.29, 0.717) is 19.3 Å². The molecule has 0 bridgehead atoms. The normalized spacial score (nSPS) is 12.0. The van der Waals surface area contributed by atoms with Crippen molar-refractivity contribution < 1.29 is 28.6 Å². The number of allylic oxidation sites excluding steroid dienone is 2. The van der Waals surface area contributed by atoms with E-state index in [1.54, 1.807) is 0 Å². The van der Waals surface area contributed by atoms with Crippen LogP contribution in [0.15, 0.2) is 12.2 Å². The SMILES string of the molecule is CCCCCCCC/C=C\CCCCCCCCCCCC(=O)O[C@@H](COC(=O)CCCCCCCCCCCCCC)COC(=O)CCCCCCCCCCCCCCCCC. The number of hydrogen-bond donors (Lipinski definition) is 0. The summed E-state index contributed by atoms with van der Waals surface area (Å²) in [5.41, 5.74) is 0. The molecule has 0 rings (SSSR count). The van der Waals surface area contributed by atoms with Gasteiger partial charge in [0.05, 0.1) is 0 Å². The predicted octanol–water partition coefficient (Wildman–Crippen LogP) is 18.9. The summed E-state index contributed by atoms with van der Waals surface area (Å²) in [5.74, 6) is -0.844. The Bertz CT molecular complexity index is 993. The second kappa shape index (κ2) is 53.8. The van der Waals surface area contributed by atoms with Gasteiger partial charge in [0.2, 0.25) is 0 Å². The minimum atomic E-state index is -0.765. The van der Waals surface area contributed by atoms with Gasteiger partial charge in [0.25, 0.3) is 0 Å². The van der Waals surface area contributed by atoms with Crippen molar-refractivity contribution in [2.75, 3.05) is 13.2 Å². The van der Waals surface area contributed by atoms with Crippen LogP contribution in [0.25, 0.3) is 0 Å². The Morgan fingerprint density at radius 2 is 0.516 bits per heavy atom. The molecule has 0 aromatic carbocycles. The van der Waals surface area contributed by atoms with E-state index in [4.69, 9.17) is 14.2 Å². The van der Waals surface area contributed by atoms with Gasteiger partial charge in [-0.1, -0.05) is 270 Å². The second-order valence-electron chi connectivity index (χ2n) is 19.6. The molecular weight excluding hydrogens is 793 g/mol. The zero-order valence-electron chi connectivity index (χ0n) is 43.3. The average Bonchev–Trinajstić information content (AvgIpc) is 3.29. The number of ether oxygens (including phenoxy) is 3. The first kappa shape index (κ1) is 62.1. The molecule has 0 amide bonds. The molecule has 6 nitrogen and oxygen atoms in total. The number of carbonyl (C=O) groups is 3. The molecule has 0 spiro atoms. The number of esters is 3. The molecule has 0 aliphatic heterocycles. The standard InChI is InChI=1S/C58H110O6/c1-4-7-10-13-16-19-22-25-27-28-29-30-32-34-37-40-43-46-49-52-58(61)64-55(53-62-56(59)50-47-44-41-38-35-24-21-18-15-12-9-6-3)54-63-57(60)51-48-45-42-39-36-33-31-26-23-20-17-14-11-8-5-2/h25,27,55H,4-24,26,28-54H2,1-3H3/b27-25-/t55-/m0/s1. The summed E-state index contributed by atoms with van der Waals surface area (Å²) in [6, 6.07) is 0.